The molecule has 0 saturated heterocycles. The van der Waals surface area contributed by atoms with Gasteiger partial charge in [-0.3, -0.25) is 4.79 Å². The lowest BCUT2D eigenvalue weighted by Gasteiger charge is -2.10. The number of benzene rings is 1. The minimum absolute atomic E-state index is 0.357. The molecule has 0 unspecified atom stereocenters. The maximum atomic E-state index is 10.9. The smallest absolute Gasteiger partial charge is 0.320 e. The summed E-state index contributed by atoms with van der Waals surface area (Å²) in [5.74, 6) is -0.959. The van der Waals surface area contributed by atoms with Gasteiger partial charge in [-0.15, -0.1) is 0 Å². The van der Waals surface area contributed by atoms with Gasteiger partial charge in [-0.25, -0.2) is 0 Å². The summed E-state index contributed by atoms with van der Waals surface area (Å²) in [4.78, 5) is 14.1. The van der Waals surface area contributed by atoms with E-state index in [2.05, 4.69) is 24.9 Å². The van der Waals surface area contributed by atoms with Crippen molar-refractivity contribution in [1.29, 1.82) is 0 Å². The summed E-state index contributed by atoms with van der Waals surface area (Å²) in [6, 6.07) is 3.29. The number of aliphatic carboxylic acids is 1. The van der Waals surface area contributed by atoms with Crippen LogP contribution in [0.3, 0.4) is 0 Å². The normalized spacial score (nSPS) is 12.8. The molecular weight excluding hydrogens is 240 g/mol. The number of nitrogens with two attached hydrogens (primary N) is 1. The van der Waals surface area contributed by atoms with Crippen molar-refractivity contribution in [3.05, 3.63) is 35.0 Å². The Morgan fingerprint density at radius 3 is 2.84 bits per heavy atom. The van der Waals surface area contributed by atoms with E-state index in [1.165, 1.54) is 11.1 Å². The number of hydrogen-bond acceptors (Lipinski definition) is 2. The van der Waals surface area contributed by atoms with Crippen LogP contribution in [0.1, 0.15) is 30.0 Å². The fraction of sp³-hybridized carbons (Fsp3) is 0.400. The van der Waals surface area contributed by atoms with Crippen LogP contribution in [-0.2, 0) is 17.6 Å². The molecule has 0 aliphatic rings. The molecule has 0 amide bonds. The van der Waals surface area contributed by atoms with Crippen molar-refractivity contribution in [2.45, 2.75) is 39.2 Å². The van der Waals surface area contributed by atoms with Crippen LogP contribution in [0.25, 0.3) is 10.9 Å². The minimum atomic E-state index is -0.959. The number of carbonyl (C=O) groups is 1. The summed E-state index contributed by atoms with van der Waals surface area (Å²) >= 11 is 0. The summed E-state index contributed by atoms with van der Waals surface area (Å²) in [6.45, 7) is 4.24. The molecule has 0 radical (unpaired) electrons. The fourth-order valence-electron chi connectivity index (χ4n) is 2.53. The van der Waals surface area contributed by atoms with E-state index in [0.29, 0.717) is 6.42 Å². The molecule has 2 rings (SSSR count). The molecule has 2 aromatic rings. The van der Waals surface area contributed by atoms with Gasteiger partial charge >= 0.3 is 5.97 Å². The van der Waals surface area contributed by atoms with E-state index in [1.807, 2.05) is 12.3 Å². The second-order valence-electron chi connectivity index (χ2n) is 5.00. The van der Waals surface area contributed by atoms with E-state index in [4.69, 9.17) is 10.8 Å². The first-order valence-corrected chi connectivity index (χ1v) is 6.61. The van der Waals surface area contributed by atoms with Gasteiger partial charge in [0.05, 0.1) is 0 Å². The zero-order chi connectivity index (χ0) is 14.0. The van der Waals surface area contributed by atoms with Crippen molar-refractivity contribution in [1.82, 2.24) is 4.98 Å². The van der Waals surface area contributed by atoms with Crippen molar-refractivity contribution in [3.63, 3.8) is 0 Å². The Morgan fingerprint density at radius 2 is 2.21 bits per heavy atom. The Labute approximate surface area is 112 Å². The van der Waals surface area contributed by atoms with Gasteiger partial charge in [0.1, 0.15) is 6.04 Å². The van der Waals surface area contributed by atoms with E-state index >= 15 is 0 Å². The highest BCUT2D eigenvalue weighted by atomic mass is 16.4. The Balaban J connectivity index is 2.50. The first-order chi connectivity index (χ1) is 9.04. The van der Waals surface area contributed by atoms with E-state index in [-0.39, 0.29) is 0 Å². The van der Waals surface area contributed by atoms with Crippen LogP contribution in [0, 0.1) is 6.92 Å². The number of carboxylic acids is 1. The number of carboxylic acid groups (broad SMARTS) is 1. The summed E-state index contributed by atoms with van der Waals surface area (Å²) in [7, 11) is 0. The number of hydrogen-bond donors (Lipinski definition) is 3. The zero-order valence-corrected chi connectivity index (χ0v) is 11.4. The molecule has 0 fully saturated rings. The first kappa shape index (κ1) is 13.6. The van der Waals surface area contributed by atoms with Crippen LogP contribution in [0.15, 0.2) is 18.3 Å². The molecule has 0 aliphatic carbocycles. The van der Waals surface area contributed by atoms with Crippen molar-refractivity contribution >= 4 is 16.9 Å². The van der Waals surface area contributed by atoms with E-state index < -0.39 is 12.0 Å². The second-order valence-corrected chi connectivity index (χ2v) is 5.00. The lowest BCUT2D eigenvalue weighted by molar-refractivity contribution is -0.138. The molecule has 4 nitrogen and oxygen atoms in total. The Kier molecular flexibility index (Phi) is 3.90. The number of aromatic nitrogens is 1. The van der Waals surface area contributed by atoms with Crippen molar-refractivity contribution in [3.8, 4) is 0 Å². The second kappa shape index (κ2) is 5.45. The Morgan fingerprint density at radius 1 is 1.47 bits per heavy atom. The SMILES string of the molecule is CCCc1c(C)ccc2[nH]cc(C[C@H](N)C(=O)O)c12. The monoisotopic (exact) mass is 260 g/mol. The lowest BCUT2D eigenvalue weighted by atomic mass is 9.95. The third kappa shape index (κ3) is 2.63. The lowest BCUT2D eigenvalue weighted by Crippen LogP contribution is -2.32. The standard InChI is InChI=1S/C15H20N2O2/c1-3-4-11-9(2)5-6-13-14(11)10(8-17-13)7-12(16)15(18)19/h5-6,8,12,17H,3-4,7,16H2,1-2H3,(H,18,19)/t12-/m0/s1. The maximum absolute atomic E-state index is 10.9. The van der Waals surface area contributed by atoms with Crippen molar-refractivity contribution in [2.75, 3.05) is 0 Å². The van der Waals surface area contributed by atoms with Gasteiger partial charge in [0.15, 0.2) is 0 Å². The first-order valence-electron chi connectivity index (χ1n) is 6.61. The number of rotatable bonds is 5. The summed E-state index contributed by atoms with van der Waals surface area (Å²) < 4.78 is 0. The molecule has 1 atom stereocenters. The average Bonchev–Trinajstić information content (AvgIpc) is 2.76. The third-order valence-corrected chi connectivity index (χ3v) is 3.53. The Bertz CT molecular complexity index is 601. The van der Waals surface area contributed by atoms with Crippen LogP contribution in [0.4, 0.5) is 0 Å². The predicted octanol–water partition coefficient (Wildman–Crippen LogP) is 2.38. The molecule has 4 heteroatoms. The molecule has 0 aliphatic heterocycles. The number of H-pyrrole nitrogens is 1. The van der Waals surface area contributed by atoms with Crippen LogP contribution in [0.5, 0.6) is 0 Å². The predicted molar refractivity (Wildman–Crippen MR) is 76.3 cm³/mol. The molecule has 19 heavy (non-hydrogen) atoms. The summed E-state index contributed by atoms with van der Waals surface area (Å²) in [5, 5.41) is 10.1. The molecule has 1 aromatic heterocycles. The van der Waals surface area contributed by atoms with Gasteiger partial charge in [0.2, 0.25) is 0 Å². The number of aromatic amines is 1. The Hall–Kier alpha value is -1.81. The summed E-state index contributed by atoms with van der Waals surface area (Å²) in [6.07, 6.45) is 4.30. The van der Waals surface area contributed by atoms with Crippen LogP contribution in [-0.4, -0.2) is 22.1 Å². The van der Waals surface area contributed by atoms with Crippen molar-refractivity contribution in [2.24, 2.45) is 5.73 Å². The van der Waals surface area contributed by atoms with Gasteiger partial charge in [-0.1, -0.05) is 19.4 Å². The summed E-state index contributed by atoms with van der Waals surface area (Å²) in [5.41, 5.74) is 10.3. The van der Waals surface area contributed by atoms with Gasteiger partial charge in [0.25, 0.3) is 0 Å². The molecule has 102 valence electrons. The highest BCUT2D eigenvalue weighted by Crippen LogP contribution is 2.27. The highest BCUT2D eigenvalue weighted by Gasteiger charge is 2.17. The molecule has 1 heterocycles. The van der Waals surface area contributed by atoms with E-state index in [1.54, 1.807) is 0 Å². The van der Waals surface area contributed by atoms with E-state index in [0.717, 1.165) is 29.3 Å². The van der Waals surface area contributed by atoms with Crippen LogP contribution < -0.4 is 5.73 Å². The van der Waals surface area contributed by atoms with Gasteiger partial charge in [0, 0.05) is 23.5 Å². The van der Waals surface area contributed by atoms with Crippen LogP contribution >= 0.6 is 0 Å². The molecule has 4 N–H and O–H groups in total. The maximum Gasteiger partial charge on any atom is 0.320 e. The number of fused-ring (bicyclic) bond motifs is 1. The highest BCUT2D eigenvalue weighted by molar-refractivity contribution is 5.88. The molecule has 0 saturated carbocycles. The molecular formula is C15H20N2O2. The average molecular weight is 260 g/mol. The minimum Gasteiger partial charge on any atom is -0.480 e. The number of aryl methyl sites for hydroxylation is 2. The topological polar surface area (TPSA) is 79.1 Å². The molecule has 1 aromatic carbocycles. The van der Waals surface area contributed by atoms with Gasteiger partial charge in [-0.05, 0) is 36.1 Å². The number of nitrogens with one attached hydrogen (secondary N) is 1. The molecule has 0 bridgehead atoms. The quantitative estimate of drug-likeness (QED) is 0.772. The molecule has 0 spiro atoms. The largest absolute Gasteiger partial charge is 0.480 e. The van der Waals surface area contributed by atoms with E-state index in [9.17, 15) is 4.79 Å². The van der Waals surface area contributed by atoms with Crippen LogP contribution in [0.2, 0.25) is 0 Å². The third-order valence-electron chi connectivity index (χ3n) is 3.53. The van der Waals surface area contributed by atoms with Crippen molar-refractivity contribution < 1.29 is 9.90 Å². The zero-order valence-electron chi connectivity index (χ0n) is 11.4. The van der Waals surface area contributed by atoms with Gasteiger partial charge < -0.3 is 15.8 Å². The fourth-order valence-corrected chi connectivity index (χ4v) is 2.53. The van der Waals surface area contributed by atoms with Gasteiger partial charge in [-0.2, -0.15) is 0 Å².